The van der Waals surface area contributed by atoms with Gasteiger partial charge in [0.15, 0.2) is 17.1 Å². The summed E-state index contributed by atoms with van der Waals surface area (Å²) in [5.74, 6) is 0.630. The smallest absolute Gasteiger partial charge is 0.234 e. The van der Waals surface area contributed by atoms with Crippen molar-refractivity contribution < 1.29 is 13.9 Å². The maximum absolute atomic E-state index is 13.0. The average Bonchev–Trinajstić information content (AvgIpc) is 3.05. The van der Waals surface area contributed by atoms with Crippen LogP contribution in [-0.2, 0) is 11.8 Å². The van der Waals surface area contributed by atoms with E-state index in [1.165, 1.54) is 23.9 Å². The van der Waals surface area contributed by atoms with Gasteiger partial charge in [0.2, 0.25) is 5.91 Å². The van der Waals surface area contributed by atoms with Gasteiger partial charge in [-0.3, -0.25) is 4.79 Å². The molecule has 1 N–H and O–H groups in total. The second-order valence-corrected chi connectivity index (χ2v) is 7.86. The van der Waals surface area contributed by atoms with E-state index in [2.05, 4.69) is 15.5 Å². The second kappa shape index (κ2) is 9.47. The van der Waals surface area contributed by atoms with E-state index in [4.69, 9.17) is 27.9 Å². The summed E-state index contributed by atoms with van der Waals surface area (Å²) >= 11 is 13.2. The molecule has 3 rings (SSSR count). The van der Waals surface area contributed by atoms with Crippen molar-refractivity contribution >= 4 is 46.6 Å². The van der Waals surface area contributed by atoms with Crippen LogP contribution in [0, 0.1) is 5.82 Å². The Kier molecular flexibility index (Phi) is 7.00. The number of hydrogen-bond acceptors (Lipinski definition) is 5. The lowest BCUT2D eigenvalue weighted by Gasteiger charge is -2.14. The van der Waals surface area contributed by atoms with Crippen LogP contribution in [0.3, 0.4) is 0 Å². The monoisotopic (exact) mass is 454 g/mol. The molecule has 1 heterocycles. The van der Waals surface area contributed by atoms with Gasteiger partial charge in [0.05, 0.1) is 16.5 Å². The number of nitrogens with one attached hydrogen (secondary N) is 1. The van der Waals surface area contributed by atoms with Crippen molar-refractivity contribution in [3.8, 4) is 5.75 Å². The number of nitrogens with zero attached hydrogens (tertiary/aromatic N) is 3. The van der Waals surface area contributed by atoms with Gasteiger partial charge < -0.3 is 14.6 Å². The molecule has 3 aromatic rings. The van der Waals surface area contributed by atoms with E-state index in [9.17, 15) is 9.18 Å². The third-order valence-corrected chi connectivity index (χ3v) is 5.48. The number of carbonyl (C=O) groups is 1. The molecular formula is C19H17Cl2FN4O2S. The minimum Gasteiger partial charge on any atom is -0.483 e. The molecule has 0 radical (unpaired) electrons. The Labute approximate surface area is 181 Å². The third kappa shape index (κ3) is 5.62. The lowest BCUT2D eigenvalue weighted by molar-refractivity contribution is -0.113. The van der Waals surface area contributed by atoms with Crippen molar-refractivity contribution in [2.45, 2.75) is 18.2 Å². The van der Waals surface area contributed by atoms with E-state index < -0.39 is 6.10 Å². The number of rotatable bonds is 7. The van der Waals surface area contributed by atoms with Crippen LogP contribution in [0.2, 0.25) is 10.0 Å². The van der Waals surface area contributed by atoms with E-state index in [-0.39, 0.29) is 17.5 Å². The molecule has 6 nitrogen and oxygen atoms in total. The summed E-state index contributed by atoms with van der Waals surface area (Å²) in [7, 11) is 1.79. The molecule has 0 fully saturated rings. The molecule has 1 aromatic heterocycles. The van der Waals surface area contributed by atoms with Crippen LogP contribution < -0.4 is 10.1 Å². The summed E-state index contributed by atoms with van der Waals surface area (Å²) in [6.07, 6.45) is -0.411. The van der Waals surface area contributed by atoms with E-state index in [0.29, 0.717) is 32.5 Å². The molecule has 29 heavy (non-hydrogen) atoms. The number of ether oxygens (including phenoxy) is 1. The van der Waals surface area contributed by atoms with Crippen molar-refractivity contribution in [3.05, 3.63) is 64.2 Å². The molecule has 2 aromatic carbocycles. The van der Waals surface area contributed by atoms with Crippen molar-refractivity contribution in [1.29, 1.82) is 0 Å². The van der Waals surface area contributed by atoms with E-state index in [1.54, 1.807) is 41.9 Å². The van der Waals surface area contributed by atoms with Gasteiger partial charge in [-0.25, -0.2) is 4.39 Å². The van der Waals surface area contributed by atoms with Crippen LogP contribution in [0.1, 0.15) is 18.9 Å². The SMILES string of the molecule is CC(Oc1ccc(F)cc1)c1nnc(SCC(=O)Nc2cc(Cl)ccc2Cl)n1C. The largest absolute Gasteiger partial charge is 0.483 e. The summed E-state index contributed by atoms with van der Waals surface area (Å²) in [6.45, 7) is 1.82. The van der Waals surface area contributed by atoms with E-state index in [0.717, 1.165) is 0 Å². The molecule has 1 amide bonds. The highest BCUT2D eigenvalue weighted by molar-refractivity contribution is 7.99. The maximum atomic E-state index is 13.0. The van der Waals surface area contributed by atoms with Crippen LogP contribution >= 0.6 is 35.0 Å². The van der Waals surface area contributed by atoms with Gasteiger partial charge in [0.25, 0.3) is 0 Å². The number of amides is 1. The normalized spacial score (nSPS) is 11.9. The van der Waals surface area contributed by atoms with Crippen molar-refractivity contribution in [2.24, 2.45) is 7.05 Å². The molecule has 1 atom stereocenters. The number of anilines is 1. The highest BCUT2D eigenvalue weighted by atomic mass is 35.5. The molecule has 152 valence electrons. The summed E-state index contributed by atoms with van der Waals surface area (Å²) in [5.41, 5.74) is 0.449. The minimum atomic E-state index is -0.411. The average molecular weight is 455 g/mol. The molecule has 0 aliphatic carbocycles. The molecule has 0 saturated heterocycles. The van der Waals surface area contributed by atoms with E-state index in [1.807, 2.05) is 6.92 Å². The Balaban J connectivity index is 1.59. The maximum Gasteiger partial charge on any atom is 0.234 e. The number of halogens is 3. The topological polar surface area (TPSA) is 69.0 Å². The molecule has 0 saturated carbocycles. The molecule has 0 aliphatic rings. The molecule has 0 spiro atoms. The number of benzene rings is 2. The van der Waals surface area contributed by atoms with Crippen LogP contribution in [0.4, 0.5) is 10.1 Å². The Morgan fingerprint density at radius 2 is 1.97 bits per heavy atom. The van der Waals surface area contributed by atoms with Crippen LogP contribution in [0.25, 0.3) is 0 Å². The molecular weight excluding hydrogens is 438 g/mol. The molecule has 10 heteroatoms. The zero-order valence-corrected chi connectivity index (χ0v) is 17.9. The summed E-state index contributed by atoms with van der Waals surface area (Å²) < 4.78 is 20.5. The first-order valence-corrected chi connectivity index (χ1v) is 10.3. The minimum absolute atomic E-state index is 0.113. The molecule has 0 bridgehead atoms. The van der Waals surface area contributed by atoms with Gasteiger partial charge in [0, 0.05) is 12.1 Å². The summed E-state index contributed by atoms with van der Waals surface area (Å²) in [5, 5.41) is 12.4. The highest BCUT2D eigenvalue weighted by Crippen LogP contribution is 2.27. The number of carbonyl (C=O) groups excluding carboxylic acids is 1. The zero-order valence-electron chi connectivity index (χ0n) is 15.5. The predicted molar refractivity (Wildman–Crippen MR) is 112 cm³/mol. The molecule has 1 unspecified atom stereocenters. The second-order valence-electron chi connectivity index (χ2n) is 6.07. The van der Waals surface area contributed by atoms with Crippen molar-refractivity contribution in [3.63, 3.8) is 0 Å². The van der Waals surface area contributed by atoms with Crippen molar-refractivity contribution in [2.75, 3.05) is 11.1 Å². The number of thioether (sulfide) groups is 1. The van der Waals surface area contributed by atoms with Crippen LogP contribution in [-0.4, -0.2) is 26.4 Å². The first-order chi connectivity index (χ1) is 13.8. The lowest BCUT2D eigenvalue weighted by atomic mass is 10.3. The number of aromatic nitrogens is 3. The molecule has 0 aliphatic heterocycles. The lowest BCUT2D eigenvalue weighted by Crippen LogP contribution is -2.15. The fourth-order valence-corrected chi connectivity index (χ4v) is 3.54. The van der Waals surface area contributed by atoms with Gasteiger partial charge in [-0.15, -0.1) is 10.2 Å². The first kappa shape index (κ1) is 21.4. The van der Waals surface area contributed by atoms with Crippen LogP contribution in [0.15, 0.2) is 47.6 Å². The van der Waals surface area contributed by atoms with Crippen LogP contribution in [0.5, 0.6) is 5.75 Å². The summed E-state index contributed by atoms with van der Waals surface area (Å²) in [4.78, 5) is 12.2. The fourth-order valence-electron chi connectivity index (χ4n) is 2.49. The predicted octanol–water partition coefficient (Wildman–Crippen LogP) is 5.13. The summed E-state index contributed by atoms with van der Waals surface area (Å²) in [6, 6.07) is 10.6. The van der Waals surface area contributed by atoms with Gasteiger partial charge >= 0.3 is 0 Å². The number of hydrogen-bond donors (Lipinski definition) is 1. The Bertz CT molecular complexity index is 1010. The van der Waals surface area contributed by atoms with Crippen molar-refractivity contribution in [1.82, 2.24) is 14.8 Å². The van der Waals surface area contributed by atoms with Gasteiger partial charge in [-0.1, -0.05) is 35.0 Å². The third-order valence-electron chi connectivity index (χ3n) is 3.89. The zero-order chi connectivity index (χ0) is 21.0. The highest BCUT2D eigenvalue weighted by Gasteiger charge is 2.18. The standard InChI is InChI=1S/C19H17Cl2FN4O2S/c1-11(28-14-6-4-13(22)5-7-14)18-24-25-19(26(18)2)29-10-17(27)23-16-9-12(20)3-8-15(16)21/h3-9,11H,10H2,1-2H3,(H,23,27). The fraction of sp³-hybridized carbons (Fsp3) is 0.211. The van der Waals surface area contributed by atoms with Gasteiger partial charge in [0.1, 0.15) is 11.6 Å². The first-order valence-electron chi connectivity index (χ1n) is 8.52. The Morgan fingerprint density at radius 3 is 2.69 bits per heavy atom. The van der Waals surface area contributed by atoms with Gasteiger partial charge in [-0.05, 0) is 49.4 Å². The van der Waals surface area contributed by atoms with Gasteiger partial charge in [-0.2, -0.15) is 0 Å². The Morgan fingerprint density at radius 1 is 1.24 bits per heavy atom. The quantitative estimate of drug-likeness (QED) is 0.501. The van der Waals surface area contributed by atoms with E-state index >= 15 is 0 Å². The Hall–Kier alpha value is -2.29.